The highest BCUT2D eigenvalue weighted by Gasteiger charge is 2.31. The van der Waals surface area contributed by atoms with Crippen molar-refractivity contribution in [2.75, 3.05) is 0 Å². The van der Waals surface area contributed by atoms with Crippen LogP contribution in [0.5, 0.6) is 0 Å². The Labute approximate surface area is 113 Å². The van der Waals surface area contributed by atoms with Gasteiger partial charge in [-0.15, -0.1) is 5.10 Å². The largest absolute Gasteiger partial charge is 0.416 e. The molecule has 20 heavy (non-hydrogen) atoms. The van der Waals surface area contributed by atoms with Crippen molar-refractivity contribution in [2.45, 2.75) is 32.5 Å². The molecule has 4 nitrogen and oxygen atoms in total. The first-order chi connectivity index (χ1) is 9.32. The third-order valence-electron chi connectivity index (χ3n) is 3.02. The van der Waals surface area contributed by atoms with E-state index in [1.807, 2.05) is 0 Å². The number of hydrogen-bond acceptors (Lipinski definition) is 3. The SMILES string of the molecule is CCC(O)c1cn(-c2cc(C(F)(F)F)ccc2C)nn1. The number of alkyl halides is 3. The van der Waals surface area contributed by atoms with Gasteiger partial charge in [-0.25, -0.2) is 4.68 Å². The molecule has 108 valence electrons. The van der Waals surface area contributed by atoms with Gasteiger partial charge in [-0.3, -0.25) is 0 Å². The number of benzene rings is 1. The van der Waals surface area contributed by atoms with Gasteiger partial charge >= 0.3 is 6.18 Å². The molecule has 0 radical (unpaired) electrons. The number of hydrogen-bond donors (Lipinski definition) is 1. The molecule has 0 aliphatic heterocycles. The van der Waals surface area contributed by atoms with Gasteiger partial charge in [0.2, 0.25) is 0 Å². The number of aromatic nitrogens is 3. The molecule has 2 aromatic rings. The van der Waals surface area contributed by atoms with Crippen molar-refractivity contribution in [2.24, 2.45) is 0 Å². The van der Waals surface area contributed by atoms with Crippen LogP contribution in [0.25, 0.3) is 5.69 Å². The molecular weight excluding hydrogens is 271 g/mol. The maximum Gasteiger partial charge on any atom is 0.416 e. The molecule has 1 aromatic carbocycles. The summed E-state index contributed by atoms with van der Waals surface area (Å²) in [5.74, 6) is 0. The second-order valence-electron chi connectivity index (χ2n) is 4.51. The van der Waals surface area contributed by atoms with Crippen molar-refractivity contribution in [1.29, 1.82) is 0 Å². The number of aryl methyl sites for hydroxylation is 1. The molecule has 1 atom stereocenters. The Morgan fingerprint density at radius 1 is 1.35 bits per heavy atom. The maximum absolute atomic E-state index is 12.7. The molecule has 1 N–H and O–H groups in total. The molecule has 0 saturated heterocycles. The fourth-order valence-corrected chi connectivity index (χ4v) is 1.79. The second kappa shape index (κ2) is 5.24. The van der Waals surface area contributed by atoms with Gasteiger partial charge in [-0.2, -0.15) is 13.2 Å². The number of rotatable bonds is 3. The van der Waals surface area contributed by atoms with Gasteiger partial charge in [-0.1, -0.05) is 18.2 Å². The van der Waals surface area contributed by atoms with E-state index in [4.69, 9.17) is 0 Å². The molecule has 7 heteroatoms. The van der Waals surface area contributed by atoms with Gasteiger partial charge in [0, 0.05) is 0 Å². The Balaban J connectivity index is 2.44. The third-order valence-corrected chi connectivity index (χ3v) is 3.02. The molecular formula is C13H14F3N3O. The van der Waals surface area contributed by atoms with Crippen LogP contribution in [0.1, 0.15) is 36.3 Å². The molecule has 1 aromatic heterocycles. The van der Waals surface area contributed by atoms with Crippen molar-refractivity contribution in [3.05, 3.63) is 41.2 Å². The van der Waals surface area contributed by atoms with Gasteiger partial charge < -0.3 is 5.11 Å². The van der Waals surface area contributed by atoms with Crippen LogP contribution in [0.3, 0.4) is 0 Å². The fraction of sp³-hybridized carbons (Fsp3) is 0.385. The lowest BCUT2D eigenvalue weighted by Gasteiger charge is -2.10. The minimum atomic E-state index is -4.41. The van der Waals surface area contributed by atoms with E-state index < -0.39 is 17.8 Å². The molecule has 0 aliphatic carbocycles. The predicted molar refractivity (Wildman–Crippen MR) is 66.3 cm³/mol. The molecule has 0 aliphatic rings. The summed E-state index contributed by atoms with van der Waals surface area (Å²) in [5.41, 5.74) is 0.526. The molecule has 1 unspecified atom stereocenters. The van der Waals surface area contributed by atoms with Gasteiger partial charge in [0.05, 0.1) is 23.6 Å². The van der Waals surface area contributed by atoms with Crippen LogP contribution in [0.2, 0.25) is 0 Å². The smallest absolute Gasteiger partial charge is 0.387 e. The predicted octanol–water partition coefficient (Wildman–Crippen LogP) is 3.04. The number of aliphatic hydroxyl groups excluding tert-OH is 1. The highest BCUT2D eigenvalue weighted by Crippen LogP contribution is 2.31. The standard InChI is InChI=1S/C13H14F3N3O/c1-3-12(20)10-7-19(18-17-10)11-6-9(13(14,15)16)5-4-8(11)2/h4-7,12,20H,3H2,1-2H3. The van der Waals surface area contributed by atoms with Gasteiger partial charge in [0.1, 0.15) is 5.69 Å². The zero-order valence-electron chi connectivity index (χ0n) is 11.0. The fourth-order valence-electron chi connectivity index (χ4n) is 1.79. The lowest BCUT2D eigenvalue weighted by molar-refractivity contribution is -0.137. The lowest BCUT2D eigenvalue weighted by atomic mass is 10.1. The summed E-state index contributed by atoms with van der Waals surface area (Å²) >= 11 is 0. The minimum absolute atomic E-state index is 0.293. The van der Waals surface area contributed by atoms with E-state index >= 15 is 0 Å². The van der Waals surface area contributed by atoms with E-state index in [1.54, 1.807) is 13.8 Å². The van der Waals surface area contributed by atoms with E-state index in [0.29, 0.717) is 23.4 Å². The Hall–Kier alpha value is -1.89. The van der Waals surface area contributed by atoms with Crippen LogP contribution in [0.4, 0.5) is 13.2 Å². The Morgan fingerprint density at radius 3 is 2.65 bits per heavy atom. The highest BCUT2D eigenvalue weighted by molar-refractivity contribution is 5.43. The van der Waals surface area contributed by atoms with E-state index in [0.717, 1.165) is 12.1 Å². The molecule has 1 heterocycles. The maximum atomic E-state index is 12.7. The third kappa shape index (κ3) is 2.82. The van der Waals surface area contributed by atoms with Crippen LogP contribution < -0.4 is 0 Å². The summed E-state index contributed by atoms with van der Waals surface area (Å²) in [5, 5.41) is 17.2. The highest BCUT2D eigenvalue weighted by atomic mass is 19.4. The summed E-state index contributed by atoms with van der Waals surface area (Å²) in [7, 11) is 0. The summed E-state index contributed by atoms with van der Waals surface area (Å²) in [6.45, 7) is 3.46. The number of aliphatic hydroxyl groups is 1. The molecule has 2 rings (SSSR count). The topological polar surface area (TPSA) is 50.9 Å². The lowest BCUT2D eigenvalue weighted by Crippen LogP contribution is -2.07. The zero-order chi connectivity index (χ0) is 14.9. The van der Waals surface area contributed by atoms with Crippen molar-refractivity contribution < 1.29 is 18.3 Å². The normalized spacial score (nSPS) is 13.5. The molecule has 0 amide bonds. The zero-order valence-corrected chi connectivity index (χ0v) is 11.0. The Kier molecular flexibility index (Phi) is 3.80. The summed E-state index contributed by atoms with van der Waals surface area (Å²) in [6.07, 6.45) is -3.28. The summed E-state index contributed by atoms with van der Waals surface area (Å²) in [6, 6.07) is 3.43. The summed E-state index contributed by atoms with van der Waals surface area (Å²) < 4.78 is 39.4. The van der Waals surface area contributed by atoms with Gasteiger partial charge in [0.25, 0.3) is 0 Å². The average Bonchev–Trinajstić information content (AvgIpc) is 2.86. The van der Waals surface area contributed by atoms with Crippen molar-refractivity contribution in [3.8, 4) is 5.69 Å². The van der Waals surface area contributed by atoms with E-state index in [2.05, 4.69) is 10.3 Å². The molecule has 0 spiro atoms. The first kappa shape index (κ1) is 14.5. The monoisotopic (exact) mass is 285 g/mol. The average molecular weight is 285 g/mol. The van der Waals surface area contributed by atoms with E-state index in [9.17, 15) is 18.3 Å². The first-order valence-corrected chi connectivity index (χ1v) is 6.11. The van der Waals surface area contributed by atoms with Crippen molar-refractivity contribution in [3.63, 3.8) is 0 Å². The van der Waals surface area contributed by atoms with Gasteiger partial charge in [0.15, 0.2) is 0 Å². The van der Waals surface area contributed by atoms with Crippen molar-refractivity contribution in [1.82, 2.24) is 15.0 Å². The van der Waals surface area contributed by atoms with Crippen LogP contribution in [-0.2, 0) is 6.18 Å². The van der Waals surface area contributed by atoms with Crippen LogP contribution in [0.15, 0.2) is 24.4 Å². The molecule has 0 bridgehead atoms. The Bertz CT molecular complexity index is 607. The van der Waals surface area contributed by atoms with E-state index in [1.165, 1.54) is 16.9 Å². The Morgan fingerprint density at radius 2 is 2.05 bits per heavy atom. The van der Waals surface area contributed by atoms with Gasteiger partial charge in [-0.05, 0) is 31.0 Å². The van der Waals surface area contributed by atoms with Crippen molar-refractivity contribution >= 4 is 0 Å². The molecule has 0 saturated carbocycles. The summed E-state index contributed by atoms with van der Waals surface area (Å²) in [4.78, 5) is 0. The van der Waals surface area contributed by atoms with Crippen LogP contribution in [0, 0.1) is 6.92 Å². The number of halogens is 3. The minimum Gasteiger partial charge on any atom is -0.387 e. The van der Waals surface area contributed by atoms with Crippen LogP contribution in [-0.4, -0.2) is 20.1 Å². The van der Waals surface area contributed by atoms with Crippen LogP contribution >= 0.6 is 0 Å². The first-order valence-electron chi connectivity index (χ1n) is 6.11. The van der Waals surface area contributed by atoms with E-state index in [-0.39, 0.29) is 0 Å². The quantitative estimate of drug-likeness (QED) is 0.943. The second-order valence-corrected chi connectivity index (χ2v) is 4.51. The molecule has 0 fully saturated rings. The number of nitrogens with zero attached hydrogens (tertiary/aromatic N) is 3.